The molecular weight excluding hydrogens is 170 g/mol. The summed E-state index contributed by atoms with van der Waals surface area (Å²) in [5, 5.41) is 0. The van der Waals surface area contributed by atoms with Crippen molar-refractivity contribution in [1.82, 2.24) is 4.90 Å². The first kappa shape index (κ1) is 10.1. The minimum absolute atomic E-state index is 0.228. The van der Waals surface area contributed by atoms with Crippen LogP contribution in [0, 0.1) is 0 Å². The predicted octanol–water partition coefficient (Wildman–Crippen LogP) is 0.974. The molecule has 0 N–H and O–H groups in total. The Balaban J connectivity index is 3.22. The second-order valence-electron chi connectivity index (χ2n) is 2.08. The minimum Gasteiger partial charge on any atom is -0.380 e. The molecule has 0 spiro atoms. The van der Waals surface area contributed by atoms with Gasteiger partial charge in [0.05, 0.1) is 6.42 Å². The zero-order valence-corrected chi connectivity index (χ0v) is 7.74. The van der Waals surface area contributed by atoms with Crippen molar-refractivity contribution in [3.63, 3.8) is 0 Å². The summed E-state index contributed by atoms with van der Waals surface area (Å²) in [4.78, 5) is 12.5. The number of carbonyl (C=O) groups excluding carboxylic acids is 1. The van der Waals surface area contributed by atoms with Crippen molar-refractivity contribution in [2.75, 3.05) is 20.6 Å². The van der Waals surface area contributed by atoms with E-state index >= 15 is 0 Å². The van der Waals surface area contributed by atoms with Gasteiger partial charge < -0.3 is 9.08 Å². The summed E-state index contributed by atoms with van der Waals surface area (Å²) in [7, 11) is 3.81. The SMILES string of the molecule is CN(C)CCC(=O)OSS. The second kappa shape index (κ2) is 5.88. The van der Waals surface area contributed by atoms with Crippen molar-refractivity contribution in [3.05, 3.63) is 0 Å². The molecule has 3 nitrogen and oxygen atoms in total. The van der Waals surface area contributed by atoms with Gasteiger partial charge >= 0.3 is 5.97 Å². The lowest BCUT2D eigenvalue weighted by atomic mass is 10.4. The molecule has 0 bridgehead atoms. The third-order valence-electron chi connectivity index (χ3n) is 0.893. The summed E-state index contributed by atoms with van der Waals surface area (Å²) in [6, 6.07) is 0. The standard InChI is InChI=1S/C5H11NO2S2/c1-6(2)4-3-5(7)8-10-9/h9H,3-4H2,1-2H3. The average molecular weight is 181 g/mol. The molecule has 0 unspecified atom stereocenters. The van der Waals surface area contributed by atoms with E-state index in [2.05, 4.69) is 15.8 Å². The van der Waals surface area contributed by atoms with Gasteiger partial charge in [-0.05, 0) is 14.1 Å². The minimum atomic E-state index is -0.228. The fraction of sp³-hybridized carbons (Fsp3) is 0.800. The van der Waals surface area contributed by atoms with Crippen molar-refractivity contribution in [1.29, 1.82) is 0 Å². The largest absolute Gasteiger partial charge is 0.380 e. The lowest BCUT2D eigenvalue weighted by Crippen LogP contribution is -2.16. The number of nitrogens with zero attached hydrogens (tertiary/aromatic N) is 1. The van der Waals surface area contributed by atoms with Gasteiger partial charge in [-0.25, -0.2) is 0 Å². The Morgan fingerprint density at radius 3 is 2.70 bits per heavy atom. The molecule has 0 aromatic heterocycles. The first-order valence-corrected chi connectivity index (χ1v) is 4.62. The maximum atomic E-state index is 10.6. The van der Waals surface area contributed by atoms with Crippen molar-refractivity contribution < 1.29 is 8.98 Å². The van der Waals surface area contributed by atoms with Crippen LogP contribution in [0.25, 0.3) is 0 Å². The van der Waals surface area contributed by atoms with Gasteiger partial charge in [0.25, 0.3) is 0 Å². The highest BCUT2D eigenvalue weighted by atomic mass is 33.1. The Hall–Kier alpha value is 0.130. The van der Waals surface area contributed by atoms with Gasteiger partial charge in [-0.1, -0.05) is 11.7 Å². The Labute approximate surface area is 70.1 Å². The lowest BCUT2D eigenvalue weighted by Gasteiger charge is -2.06. The molecule has 0 atom stereocenters. The van der Waals surface area contributed by atoms with Crippen molar-refractivity contribution >= 4 is 28.7 Å². The molecule has 60 valence electrons. The highest BCUT2D eigenvalue weighted by Crippen LogP contribution is 2.07. The zero-order valence-electron chi connectivity index (χ0n) is 6.03. The molecule has 0 aliphatic heterocycles. The van der Waals surface area contributed by atoms with E-state index in [4.69, 9.17) is 0 Å². The van der Waals surface area contributed by atoms with Crippen LogP contribution in [0.15, 0.2) is 0 Å². The highest BCUT2D eigenvalue weighted by Gasteiger charge is 2.01. The molecule has 0 aliphatic carbocycles. The van der Waals surface area contributed by atoms with Crippen LogP contribution in [0.3, 0.4) is 0 Å². The molecule has 5 heteroatoms. The fourth-order valence-corrected chi connectivity index (χ4v) is 0.814. The van der Waals surface area contributed by atoms with E-state index in [9.17, 15) is 4.79 Å². The van der Waals surface area contributed by atoms with E-state index in [1.165, 1.54) is 0 Å². The summed E-state index contributed by atoms with van der Waals surface area (Å²) < 4.78 is 4.51. The molecule has 0 amide bonds. The molecule has 0 heterocycles. The quantitative estimate of drug-likeness (QED) is 0.398. The van der Waals surface area contributed by atoms with Crippen molar-refractivity contribution in [3.8, 4) is 0 Å². The van der Waals surface area contributed by atoms with Gasteiger partial charge in [-0.15, -0.1) is 0 Å². The number of hydrogen-bond acceptors (Lipinski definition) is 5. The van der Waals surface area contributed by atoms with Crippen LogP contribution in [0.4, 0.5) is 0 Å². The molecule has 0 saturated heterocycles. The average Bonchev–Trinajstić information content (AvgIpc) is 1.85. The second-order valence-corrected chi connectivity index (χ2v) is 2.85. The van der Waals surface area contributed by atoms with Crippen LogP contribution in [-0.2, 0) is 8.98 Å². The molecule has 0 saturated carbocycles. The molecule has 0 aromatic rings. The van der Waals surface area contributed by atoms with Crippen molar-refractivity contribution in [2.45, 2.75) is 6.42 Å². The van der Waals surface area contributed by atoms with Gasteiger partial charge in [0, 0.05) is 6.54 Å². The van der Waals surface area contributed by atoms with E-state index in [1.807, 2.05) is 19.0 Å². The third-order valence-corrected chi connectivity index (χ3v) is 1.38. The van der Waals surface area contributed by atoms with Crippen LogP contribution in [-0.4, -0.2) is 31.5 Å². The van der Waals surface area contributed by atoms with Gasteiger partial charge in [0.15, 0.2) is 0 Å². The Morgan fingerprint density at radius 1 is 1.70 bits per heavy atom. The lowest BCUT2D eigenvalue weighted by molar-refractivity contribution is -0.133. The summed E-state index contributed by atoms with van der Waals surface area (Å²) >= 11 is 4.45. The van der Waals surface area contributed by atoms with E-state index in [-0.39, 0.29) is 5.97 Å². The molecule has 10 heavy (non-hydrogen) atoms. The molecule has 0 aliphatic rings. The van der Waals surface area contributed by atoms with Gasteiger partial charge in [0.2, 0.25) is 0 Å². The Morgan fingerprint density at radius 2 is 2.30 bits per heavy atom. The van der Waals surface area contributed by atoms with Crippen LogP contribution >= 0.6 is 22.7 Å². The first-order valence-electron chi connectivity index (χ1n) is 2.82. The van der Waals surface area contributed by atoms with Crippen LogP contribution in [0.1, 0.15) is 6.42 Å². The number of thiol groups is 1. The van der Waals surface area contributed by atoms with Crippen LogP contribution in [0.2, 0.25) is 0 Å². The molecule has 0 rings (SSSR count). The molecule has 0 fully saturated rings. The van der Waals surface area contributed by atoms with E-state index in [0.29, 0.717) is 13.0 Å². The molecule has 0 radical (unpaired) electrons. The van der Waals surface area contributed by atoms with E-state index in [0.717, 1.165) is 11.1 Å². The van der Waals surface area contributed by atoms with Crippen LogP contribution < -0.4 is 0 Å². The third kappa shape index (κ3) is 6.25. The van der Waals surface area contributed by atoms with E-state index in [1.54, 1.807) is 0 Å². The van der Waals surface area contributed by atoms with Gasteiger partial charge in [-0.3, -0.25) is 4.79 Å². The van der Waals surface area contributed by atoms with Gasteiger partial charge in [0.1, 0.15) is 11.1 Å². The number of carbonyl (C=O) groups is 1. The van der Waals surface area contributed by atoms with E-state index < -0.39 is 0 Å². The zero-order chi connectivity index (χ0) is 7.98. The molecule has 0 aromatic carbocycles. The smallest absolute Gasteiger partial charge is 0.319 e. The normalized spacial score (nSPS) is 10.0. The summed E-state index contributed by atoms with van der Waals surface area (Å²) in [5.41, 5.74) is 0. The maximum absolute atomic E-state index is 10.6. The Kier molecular flexibility index (Phi) is 5.96. The topological polar surface area (TPSA) is 29.5 Å². The molecular formula is C5H11NO2S2. The number of rotatable bonds is 4. The Bertz CT molecular complexity index is 108. The fourth-order valence-electron chi connectivity index (χ4n) is 0.398. The monoisotopic (exact) mass is 181 g/mol. The predicted molar refractivity (Wildman–Crippen MR) is 45.8 cm³/mol. The summed E-state index contributed by atoms with van der Waals surface area (Å²) in [5.74, 6) is -0.228. The van der Waals surface area contributed by atoms with Crippen molar-refractivity contribution in [2.24, 2.45) is 0 Å². The maximum Gasteiger partial charge on any atom is 0.319 e. The first-order chi connectivity index (χ1) is 4.66. The highest BCUT2D eigenvalue weighted by molar-refractivity contribution is 8.66. The van der Waals surface area contributed by atoms with Crippen LogP contribution in [0.5, 0.6) is 0 Å². The summed E-state index contributed by atoms with van der Waals surface area (Å²) in [6.07, 6.45) is 0.417. The number of hydrogen-bond donors (Lipinski definition) is 1. The van der Waals surface area contributed by atoms with Gasteiger partial charge in [-0.2, -0.15) is 0 Å². The summed E-state index contributed by atoms with van der Waals surface area (Å²) in [6.45, 7) is 0.715.